The molecule has 0 spiro atoms. The van der Waals surface area contributed by atoms with Gasteiger partial charge in [0.15, 0.2) is 5.96 Å². The van der Waals surface area contributed by atoms with Crippen LogP contribution < -0.4 is 10.6 Å². The number of halogens is 1. The summed E-state index contributed by atoms with van der Waals surface area (Å²) in [7, 11) is 1.83. The summed E-state index contributed by atoms with van der Waals surface area (Å²) in [5, 5.41) is 6.94. The van der Waals surface area contributed by atoms with Crippen molar-refractivity contribution in [3.63, 3.8) is 0 Å². The van der Waals surface area contributed by atoms with Gasteiger partial charge in [0.2, 0.25) is 0 Å². The van der Waals surface area contributed by atoms with E-state index in [9.17, 15) is 0 Å². The predicted molar refractivity (Wildman–Crippen MR) is 116 cm³/mol. The lowest BCUT2D eigenvalue weighted by Crippen LogP contribution is -2.48. The van der Waals surface area contributed by atoms with Crippen molar-refractivity contribution in [2.45, 2.75) is 38.0 Å². The maximum absolute atomic E-state index is 5.54. The highest BCUT2D eigenvalue weighted by Gasteiger charge is 2.32. The normalized spacial score (nSPS) is 17.0. The van der Waals surface area contributed by atoms with Gasteiger partial charge in [-0.05, 0) is 36.6 Å². The third-order valence-corrected chi connectivity index (χ3v) is 5.82. The number of ether oxygens (including phenoxy) is 1. The summed E-state index contributed by atoms with van der Waals surface area (Å²) in [5.41, 5.74) is 2.61. The van der Waals surface area contributed by atoms with Crippen LogP contribution in [0.2, 0.25) is 0 Å². The van der Waals surface area contributed by atoms with Crippen LogP contribution in [0.3, 0.4) is 0 Å². The number of rotatable bonds is 6. The Morgan fingerprint density at radius 3 is 2.58 bits per heavy atom. The minimum Gasteiger partial charge on any atom is -0.381 e. The lowest BCUT2D eigenvalue weighted by molar-refractivity contribution is 0.0782. The first kappa shape index (κ1) is 21.6. The molecule has 2 N–H and O–H groups in total. The molecule has 1 heterocycles. The smallest absolute Gasteiger partial charge is 0.191 e. The summed E-state index contributed by atoms with van der Waals surface area (Å²) in [6, 6.07) is 8.45. The lowest BCUT2D eigenvalue weighted by atomic mass is 9.99. The van der Waals surface area contributed by atoms with Gasteiger partial charge in [0.1, 0.15) is 0 Å². The van der Waals surface area contributed by atoms with Crippen LogP contribution in [0.25, 0.3) is 0 Å². The van der Waals surface area contributed by atoms with Crippen molar-refractivity contribution in [3.05, 3.63) is 35.4 Å². The number of nitrogens with one attached hydrogen (secondary N) is 2. The maximum atomic E-state index is 5.54. The lowest BCUT2D eigenvalue weighted by Gasteiger charge is -2.37. The second-order valence-electron chi connectivity index (χ2n) is 5.93. The van der Waals surface area contributed by atoms with Crippen molar-refractivity contribution in [3.8, 4) is 0 Å². The summed E-state index contributed by atoms with van der Waals surface area (Å²) in [4.78, 5) is 4.36. The molecule has 1 aromatic carbocycles. The zero-order valence-corrected chi connectivity index (χ0v) is 18.1. The van der Waals surface area contributed by atoms with Crippen molar-refractivity contribution >= 4 is 41.7 Å². The van der Waals surface area contributed by atoms with E-state index < -0.39 is 0 Å². The van der Waals surface area contributed by atoms with E-state index in [-0.39, 0.29) is 28.7 Å². The molecule has 2 rings (SSSR count). The average Bonchev–Trinajstić information content (AvgIpc) is 2.57. The van der Waals surface area contributed by atoms with E-state index in [1.807, 2.05) is 18.8 Å². The Bertz CT molecular complexity index is 513. The van der Waals surface area contributed by atoms with Crippen molar-refractivity contribution in [1.82, 2.24) is 10.6 Å². The van der Waals surface area contributed by atoms with Gasteiger partial charge in [0, 0.05) is 38.1 Å². The molecule has 0 atom stereocenters. The van der Waals surface area contributed by atoms with Crippen LogP contribution in [0, 0.1) is 6.92 Å². The highest BCUT2D eigenvalue weighted by atomic mass is 127. The first-order chi connectivity index (χ1) is 11.2. The van der Waals surface area contributed by atoms with Gasteiger partial charge < -0.3 is 15.4 Å². The van der Waals surface area contributed by atoms with E-state index in [0.29, 0.717) is 0 Å². The number of thioether (sulfide) groups is 1. The van der Waals surface area contributed by atoms with E-state index in [1.165, 1.54) is 11.1 Å². The fraction of sp³-hybridized carbons (Fsp3) is 0.611. The summed E-state index contributed by atoms with van der Waals surface area (Å²) in [5.74, 6) is 2.01. The minimum atomic E-state index is 0. The van der Waals surface area contributed by atoms with Crippen molar-refractivity contribution in [2.24, 2.45) is 4.99 Å². The van der Waals surface area contributed by atoms with Crippen LogP contribution in [0.4, 0.5) is 0 Å². The third-order valence-electron chi connectivity index (χ3n) is 4.36. The van der Waals surface area contributed by atoms with Crippen molar-refractivity contribution < 1.29 is 4.74 Å². The molecular weight excluding hydrogens is 433 g/mol. The SMILES string of the molecule is CCSC1(CNC(=NC)NCc2ccccc2C)CCOCC1.I. The van der Waals surface area contributed by atoms with Crippen molar-refractivity contribution in [2.75, 3.05) is 32.6 Å². The molecule has 1 fully saturated rings. The molecule has 1 aliphatic heterocycles. The molecule has 0 amide bonds. The first-order valence-electron chi connectivity index (χ1n) is 8.40. The van der Waals surface area contributed by atoms with Gasteiger partial charge in [0.25, 0.3) is 0 Å². The number of nitrogens with zero attached hydrogens (tertiary/aromatic N) is 1. The van der Waals surface area contributed by atoms with Gasteiger partial charge in [-0.2, -0.15) is 11.8 Å². The van der Waals surface area contributed by atoms with Gasteiger partial charge in [0.05, 0.1) is 0 Å². The van der Waals surface area contributed by atoms with Gasteiger partial charge in [-0.25, -0.2) is 0 Å². The third kappa shape index (κ3) is 6.44. The fourth-order valence-electron chi connectivity index (χ4n) is 2.87. The Morgan fingerprint density at radius 2 is 1.96 bits per heavy atom. The average molecular weight is 463 g/mol. The zero-order valence-electron chi connectivity index (χ0n) is 14.9. The Labute approximate surface area is 167 Å². The summed E-state index contributed by atoms with van der Waals surface area (Å²) in [6.07, 6.45) is 2.21. The molecule has 0 bridgehead atoms. The highest BCUT2D eigenvalue weighted by Crippen LogP contribution is 2.34. The van der Waals surface area contributed by atoms with Gasteiger partial charge in [-0.3, -0.25) is 4.99 Å². The maximum Gasteiger partial charge on any atom is 0.191 e. The number of guanidine groups is 1. The molecule has 24 heavy (non-hydrogen) atoms. The number of aryl methyl sites for hydroxylation is 1. The standard InChI is InChI=1S/C18H29N3OS.HI/c1-4-23-18(9-11-22-12-10-18)14-21-17(19-3)20-13-16-8-6-5-7-15(16)2;/h5-8H,4,9-14H2,1-3H3,(H2,19,20,21);1H. The van der Waals surface area contributed by atoms with Crippen LogP contribution in [0.1, 0.15) is 30.9 Å². The zero-order chi connectivity index (χ0) is 16.5. The van der Waals surface area contributed by atoms with Crippen molar-refractivity contribution in [1.29, 1.82) is 0 Å². The number of hydrogen-bond acceptors (Lipinski definition) is 3. The van der Waals surface area contributed by atoms with Crippen LogP contribution in [0.5, 0.6) is 0 Å². The summed E-state index contributed by atoms with van der Waals surface area (Å²) >= 11 is 2.04. The quantitative estimate of drug-likeness (QED) is 0.385. The van der Waals surface area contributed by atoms with E-state index in [1.54, 1.807) is 0 Å². The largest absolute Gasteiger partial charge is 0.381 e. The molecule has 0 aliphatic carbocycles. The number of benzene rings is 1. The van der Waals surface area contributed by atoms with E-state index in [4.69, 9.17) is 4.74 Å². The molecular formula is C18H30IN3OS. The Balaban J connectivity index is 0.00000288. The molecule has 1 aromatic rings. The summed E-state index contributed by atoms with van der Waals surface area (Å²) < 4.78 is 5.81. The molecule has 0 radical (unpaired) electrons. The fourth-order valence-corrected chi connectivity index (χ4v) is 4.12. The van der Waals surface area contributed by atoms with Gasteiger partial charge in [-0.1, -0.05) is 31.2 Å². The van der Waals surface area contributed by atoms with E-state index in [0.717, 1.165) is 50.9 Å². The molecule has 4 nitrogen and oxygen atoms in total. The van der Waals surface area contributed by atoms with Gasteiger partial charge >= 0.3 is 0 Å². The predicted octanol–water partition coefficient (Wildman–Crippen LogP) is 3.58. The Kier molecular flexibility index (Phi) is 10.1. The number of aliphatic imine (C=N–C) groups is 1. The van der Waals surface area contributed by atoms with Crippen LogP contribution in [-0.2, 0) is 11.3 Å². The molecule has 6 heteroatoms. The first-order valence-corrected chi connectivity index (χ1v) is 9.38. The van der Waals surface area contributed by atoms with Crippen LogP contribution in [-0.4, -0.2) is 43.3 Å². The second kappa shape index (κ2) is 11.2. The Morgan fingerprint density at radius 1 is 1.25 bits per heavy atom. The number of hydrogen-bond donors (Lipinski definition) is 2. The van der Waals surface area contributed by atoms with E-state index in [2.05, 4.69) is 53.7 Å². The molecule has 0 aromatic heterocycles. The van der Waals surface area contributed by atoms with Crippen LogP contribution in [0.15, 0.2) is 29.3 Å². The highest BCUT2D eigenvalue weighted by molar-refractivity contribution is 14.0. The molecule has 136 valence electrons. The molecule has 0 saturated carbocycles. The molecule has 0 unspecified atom stereocenters. The minimum absolute atomic E-state index is 0. The summed E-state index contributed by atoms with van der Waals surface area (Å²) in [6.45, 7) is 7.83. The molecule has 1 aliphatic rings. The topological polar surface area (TPSA) is 45.7 Å². The van der Waals surface area contributed by atoms with E-state index >= 15 is 0 Å². The Hall–Kier alpha value is -0.470. The monoisotopic (exact) mass is 463 g/mol. The molecule has 1 saturated heterocycles. The van der Waals surface area contributed by atoms with Gasteiger partial charge in [-0.15, -0.1) is 24.0 Å². The van der Waals surface area contributed by atoms with Crippen LogP contribution >= 0.6 is 35.7 Å². The second-order valence-corrected chi connectivity index (χ2v) is 7.67.